The van der Waals surface area contributed by atoms with Crippen molar-refractivity contribution in [3.63, 3.8) is 0 Å². The second kappa shape index (κ2) is 7.96. The Bertz CT molecular complexity index is 1160. The highest BCUT2D eigenvalue weighted by molar-refractivity contribution is 7.17. The molecular formula is C24H28N2OS. The zero-order chi connectivity index (χ0) is 19.7. The molecule has 0 fully saturated rings. The van der Waals surface area contributed by atoms with Crippen LogP contribution in [0.5, 0.6) is 0 Å². The first-order valence-corrected chi connectivity index (χ1v) is 11.2. The Morgan fingerprint density at radius 2 is 1.82 bits per heavy atom. The van der Waals surface area contributed by atoms with Crippen LogP contribution in [-0.2, 0) is 6.54 Å². The molecule has 0 aliphatic rings. The minimum absolute atomic E-state index is 0.122. The van der Waals surface area contributed by atoms with Gasteiger partial charge in [0.25, 0.3) is 0 Å². The molecule has 4 heteroatoms. The molecule has 0 saturated carbocycles. The number of thiophene rings is 1. The molecule has 0 aliphatic heterocycles. The summed E-state index contributed by atoms with van der Waals surface area (Å²) in [7, 11) is 0. The predicted molar refractivity (Wildman–Crippen MR) is 121 cm³/mol. The van der Waals surface area contributed by atoms with Gasteiger partial charge in [-0.1, -0.05) is 51.0 Å². The fourth-order valence-electron chi connectivity index (χ4n) is 4.32. The number of fused-ring (bicyclic) bond motifs is 2. The molecule has 2 aromatic heterocycles. The second-order valence-corrected chi connectivity index (χ2v) is 8.55. The molecular weight excluding hydrogens is 364 g/mol. The van der Waals surface area contributed by atoms with E-state index in [-0.39, 0.29) is 11.7 Å². The Balaban J connectivity index is 1.86. The van der Waals surface area contributed by atoms with Gasteiger partial charge in [-0.3, -0.25) is 9.13 Å². The number of aryl methyl sites for hydroxylation is 1. The Hall–Kier alpha value is -2.33. The highest BCUT2D eigenvalue weighted by atomic mass is 32.1. The summed E-state index contributed by atoms with van der Waals surface area (Å²) in [5, 5.41) is 3.51. The van der Waals surface area contributed by atoms with Crippen LogP contribution < -0.4 is 5.69 Å². The zero-order valence-electron chi connectivity index (χ0n) is 16.9. The highest BCUT2D eigenvalue weighted by Crippen LogP contribution is 2.30. The van der Waals surface area contributed by atoms with E-state index in [0.29, 0.717) is 6.54 Å². The maximum Gasteiger partial charge on any atom is 0.329 e. The summed E-state index contributed by atoms with van der Waals surface area (Å²) in [6, 6.07) is 14.9. The van der Waals surface area contributed by atoms with Crippen molar-refractivity contribution in [3.8, 4) is 0 Å². The van der Waals surface area contributed by atoms with Crippen molar-refractivity contribution in [1.29, 1.82) is 0 Å². The maximum atomic E-state index is 13.5. The van der Waals surface area contributed by atoms with E-state index in [9.17, 15) is 4.79 Å². The molecule has 0 spiro atoms. The Morgan fingerprint density at radius 3 is 2.57 bits per heavy atom. The number of nitrogens with zero attached hydrogens (tertiary/aromatic N) is 2. The molecule has 0 bridgehead atoms. The lowest BCUT2D eigenvalue weighted by molar-refractivity contribution is 0.430. The van der Waals surface area contributed by atoms with E-state index in [0.717, 1.165) is 36.7 Å². The quantitative estimate of drug-likeness (QED) is 0.352. The summed E-state index contributed by atoms with van der Waals surface area (Å²) in [5.74, 6) is 0. The number of rotatable bonds is 7. The molecule has 0 saturated heterocycles. The number of para-hydroxylation sites is 2. The first-order chi connectivity index (χ1) is 13.7. The van der Waals surface area contributed by atoms with Gasteiger partial charge in [-0.2, -0.15) is 0 Å². The number of imidazole rings is 1. The molecule has 4 rings (SSSR count). The van der Waals surface area contributed by atoms with E-state index >= 15 is 0 Å². The molecule has 0 radical (unpaired) electrons. The summed E-state index contributed by atoms with van der Waals surface area (Å²) in [5.41, 5.74) is 4.74. The number of aromatic nitrogens is 2. The second-order valence-electron chi connectivity index (χ2n) is 7.64. The van der Waals surface area contributed by atoms with E-state index in [1.165, 1.54) is 21.2 Å². The number of hydrogen-bond acceptors (Lipinski definition) is 2. The van der Waals surface area contributed by atoms with Crippen LogP contribution in [-0.4, -0.2) is 9.13 Å². The van der Waals surface area contributed by atoms with Crippen molar-refractivity contribution in [1.82, 2.24) is 9.13 Å². The van der Waals surface area contributed by atoms with Gasteiger partial charge in [0.15, 0.2) is 0 Å². The first-order valence-electron chi connectivity index (χ1n) is 10.3. The summed E-state index contributed by atoms with van der Waals surface area (Å²) in [6.45, 7) is 7.18. The zero-order valence-corrected chi connectivity index (χ0v) is 17.8. The van der Waals surface area contributed by atoms with E-state index < -0.39 is 0 Å². The van der Waals surface area contributed by atoms with Gasteiger partial charge in [0, 0.05) is 16.1 Å². The lowest BCUT2D eigenvalue weighted by atomic mass is 10.1. The molecule has 0 amide bonds. The van der Waals surface area contributed by atoms with Gasteiger partial charge < -0.3 is 0 Å². The van der Waals surface area contributed by atoms with Crippen LogP contribution in [0, 0.1) is 6.92 Å². The molecule has 2 heterocycles. The van der Waals surface area contributed by atoms with E-state index in [2.05, 4.69) is 56.5 Å². The maximum absolute atomic E-state index is 13.5. The van der Waals surface area contributed by atoms with Crippen LogP contribution in [0.1, 0.15) is 56.7 Å². The van der Waals surface area contributed by atoms with Gasteiger partial charge in [0.1, 0.15) is 0 Å². The van der Waals surface area contributed by atoms with Crippen molar-refractivity contribution in [2.45, 2.75) is 59.0 Å². The fraction of sp³-hybridized carbons (Fsp3) is 0.375. The number of benzene rings is 2. The third kappa shape index (κ3) is 3.20. The summed E-state index contributed by atoms with van der Waals surface area (Å²) in [4.78, 5) is 13.5. The molecule has 0 aliphatic carbocycles. The normalized spacial score (nSPS) is 12.8. The van der Waals surface area contributed by atoms with Gasteiger partial charge in [-0.15, -0.1) is 11.3 Å². The molecule has 3 nitrogen and oxygen atoms in total. The van der Waals surface area contributed by atoms with Crippen LogP contribution in [0.15, 0.2) is 52.6 Å². The Kier molecular flexibility index (Phi) is 5.40. The molecule has 28 heavy (non-hydrogen) atoms. The predicted octanol–water partition coefficient (Wildman–Crippen LogP) is 6.52. The lowest BCUT2D eigenvalue weighted by Gasteiger charge is -2.16. The highest BCUT2D eigenvalue weighted by Gasteiger charge is 2.20. The van der Waals surface area contributed by atoms with Gasteiger partial charge >= 0.3 is 5.69 Å². The summed E-state index contributed by atoms with van der Waals surface area (Å²) in [6.07, 6.45) is 4.35. The van der Waals surface area contributed by atoms with Gasteiger partial charge in [-0.25, -0.2) is 4.79 Å². The minimum Gasteiger partial charge on any atom is -0.289 e. The Morgan fingerprint density at radius 1 is 1.04 bits per heavy atom. The molecule has 0 N–H and O–H groups in total. The summed E-state index contributed by atoms with van der Waals surface area (Å²) >= 11 is 1.77. The number of hydrogen-bond donors (Lipinski definition) is 0. The first kappa shape index (κ1) is 19.0. The largest absolute Gasteiger partial charge is 0.329 e. The van der Waals surface area contributed by atoms with Crippen LogP contribution in [0.2, 0.25) is 0 Å². The van der Waals surface area contributed by atoms with Crippen LogP contribution >= 0.6 is 11.3 Å². The molecule has 146 valence electrons. The molecule has 1 atom stereocenters. The average molecular weight is 393 g/mol. The smallest absolute Gasteiger partial charge is 0.289 e. The van der Waals surface area contributed by atoms with E-state index in [1.807, 2.05) is 21.3 Å². The molecule has 4 aromatic rings. The van der Waals surface area contributed by atoms with Crippen molar-refractivity contribution in [2.24, 2.45) is 0 Å². The third-order valence-electron chi connectivity index (χ3n) is 5.81. The monoisotopic (exact) mass is 392 g/mol. The third-order valence-corrected chi connectivity index (χ3v) is 6.81. The Labute approximate surface area is 170 Å². The van der Waals surface area contributed by atoms with Gasteiger partial charge in [0.2, 0.25) is 0 Å². The van der Waals surface area contributed by atoms with Crippen molar-refractivity contribution >= 4 is 32.5 Å². The van der Waals surface area contributed by atoms with Crippen LogP contribution in [0.25, 0.3) is 21.1 Å². The summed E-state index contributed by atoms with van der Waals surface area (Å²) < 4.78 is 5.31. The van der Waals surface area contributed by atoms with Crippen molar-refractivity contribution < 1.29 is 0 Å². The van der Waals surface area contributed by atoms with Gasteiger partial charge in [0.05, 0.1) is 17.6 Å². The van der Waals surface area contributed by atoms with Crippen LogP contribution in [0.4, 0.5) is 0 Å². The fourth-order valence-corrected chi connectivity index (χ4v) is 5.35. The van der Waals surface area contributed by atoms with E-state index in [1.54, 1.807) is 11.3 Å². The number of unbranched alkanes of at least 4 members (excludes halogenated alkanes) is 1. The minimum atomic E-state index is 0.122. The average Bonchev–Trinajstić information content (AvgIpc) is 3.24. The van der Waals surface area contributed by atoms with E-state index in [4.69, 9.17) is 0 Å². The molecule has 2 aromatic carbocycles. The standard InChI is InChI=1S/C24H28N2OS/c1-4-6-11-19(5-2)26-21-13-8-7-12-20(21)25(24(26)27)15-18-16-28-22-14-9-10-17(3)23(18)22/h7-10,12-14,16,19H,4-6,11,15H2,1-3H3/t19-/m0/s1. The van der Waals surface area contributed by atoms with Crippen LogP contribution in [0.3, 0.4) is 0 Å². The van der Waals surface area contributed by atoms with Crippen molar-refractivity contribution in [2.75, 3.05) is 0 Å². The SMILES string of the molecule is CCCC[C@H](CC)n1c(=O)n(Cc2csc3cccc(C)c23)c2ccccc21. The van der Waals surface area contributed by atoms with Gasteiger partial charge in [-0.05, 0) is 54.5 Å². The topological polar surface area (TPSA) is 26.9 Å². The molecule has 0 unspecified atom stereocenters. The lowest BCUT2D eigenvalue weighted by Crippen LogP contribution is -2.27. The van der Waals surface area contributed by atoms with Crippen molar-refractivity contribution in [3.05, 3.63) is 69.5 Å².